The largest absolute Gasteiger partial charge is 0.481 e. The van der Waals surface area contributed by atoms with E-state index in [-0.39, 0.29) is 41.9 Å². The first-order valence-corrected chi connectivity index (χ1v) is 9.22. The topological polar surface area (TPSA) is 83.4 Å². The van der Waals surface area contributed by atoms with Crippen LogP contribution < -0.4 is 0 Å². The van der Waals surface area contributed by atoms with Gasteiger partial charge in [-0.2, -0.15) is 13.2 Å². The Morgan fingerprint density at radius 1 is 1.24 bits per heavy atom. The molecule has 1 aliphatic carbocycles. The van der Waals surface area contributed by atoms with Gasteiger partial charge in [0.2, 0.25) is 5.91 Å². The summed E-state index contributed by atoms with van der Waals surface area (Å²) in [5, 5.41) is 8.95. The van der Waals surface area contributed by atoms with Gasteiger partial charge in [0.1, 0.15) is 0 Å². The van der Waals surface area contributed by atoms with Crippen molar-refractivity contribution in [1.29, 1.82) is 0 Å². The van der Waals surface area contributed by atoms with Gasteiger partial charge in [-0.3, -0.25) is 9.59 Å². The first kappa shape index (κ1) is 20.8. The fourth-order valence-electron chi connectivity index (χ4n) is 3.04. The third kappa shape index (κ3) is 5.10. The number of halogens is 3. The molecular formula is C20H20F3N3O3. The summed E-state index contributed by atoms with van der Waals surface area (Å²) >= 11 is 0. The number of hydrogen-bond donors (Lipinski definition) is 1. The molecular weight excluding hydrogens is 387 g/mol. The summed E-state index contributed by atoms with van der Waals surface area (Å²) in [4.78, 5) is 33.2. The molecule has 0 radical (unpaired) electrons. The van der Waals surface area contributed by atoms with Crippen LogP contribution in [0.2, 0.25) is 0 Å². The molecule has 9 heteroatoms. The summed E-state index contributed by atoms with van der Waals surface area (Å²) in [6.45, 7) is 2.14. The van der Waals surface area contributed by atoms with Crippen molar-refractivity contribution in [2.75, 3.05) is 6.54 Å². The smallest absolute Gasteiger partial charge is 0.416 e. The molecule has 1 aromatic carbocycles. The molecule has 0 atom stereocenters. The van der Waals surface area contributed by atoms with Crippen LogP contribution >= 0.6 is 0 Å². The summed E-state index contributed by atoms with van der Waals surface area (Å²) in [6, 6.07) is 4.65. The number of alkyl halides is 3. The zero-order valence-electron chi connectivity index (χ0n) is 15.7. The van der Waals surface area contributed by atoms with Crippen molar-refractivity contribution in [3.63, 3.8) is 0 Å². The van der Waals surface area contributed by atoms with Crippen LogP contribution in [0.4, 0.5) is 13.2 Å². The van der Waals surface area contributed by atoms with E-state index in [0.29, 0.717) is 12.1 Å². The first-order valence-electron chi connectivity index (χ1n) is 9.22. The summed E-state index contributed by atoms with van der Waals surface area (Å²) in [5.74, 6) is -1.08. The third-order valence-corrected chi connectivity index (χ3v) is 4.70. The van der Waals surface area contributed by atoms with E-state index in [0.717, 1.165) is 25.0 Å². The van der Waals surface area contributed by atoms with Crippen LogP contribution in [-0.4, -0.2) is 38.4 Å². The lowest BCUT2D eigenvalue weighted by atomic mass is 10.0. The highest BCUT2D eigenvalue weighted by molar-refractivity contribution is 5.81. The lowest BCUT2D eigenvalue weighted by Crippen LogP contribution is -2.31. The van der Waals surface area contributed by atoms with E-state index in [4.69, 9.17) is 5.11 Å². The van der Waals surface area contributed by atoms with Gasteiger partial charge in [-0.15, -0.1) is 0 Å². The standard InChI is InChI=1S/C20H20F3N3O3/c1-2-26(19(29)12-3-4-12)11-13-9-14(20(21,22)23)5-6-16(13)18-24-8-7-15(25-18)10-17(27)28/h5-9,12H,2-4,10-11H2,1H3,(H,27,28). The zero-order valence-corrected chi connectivity index (χ0v) is 15.7. The Morgan fingerprint density at radius 2 is 1.97 bits per heavy atom. The fraction of sp³-hybridized carbons (Fsp3) is 0.400. The molecule has 1 fully saturated rings. The van der Waals surface area contributed by atoms with E-state index in [2.05, 4.69) is 9.97 Å². The Kier molecular flexibility index (Phi) is 5.86. The van der Waals surface area contributed by atoms with Gasteiger partial charge < -0.3 is 10.0 Å². The predicted octanol–water partition coefficient (Wildman–Crippen LogP) is 3.55. The minimum atomic E-state index is -4.53. The molecule has 0 unspecified atom stereocenters. The van der Waals surface area contributed by atoms with Gasteiger partial charge in [-0.05, 0) is 43.5 Å². The lowest BCUT2D eigenvalue weighted by Gasteiger charge is -2.23. The van der Waals surface area contributed by atoms with Crippen molar-refractivity contribution >= 4 is 11.9 Å². The number of carboxylic acid groups (broad SMARTS) is 1. The van der Waals surface area contributed by atoms with Crippen LogP contribution in [0.5, 0.6) is 0 Å². The molecule has 3 rings (SSSR count). The number of rotatable bonds is 7. The first-order chi connectivity index (χ1) is 13.7. The molecule has 1 aromatic heterocycles. The Hall–Kier alpha value is -2.97. The molecule has 2 aromatic rings. The highest BCUT2D eigenvalue weighted by Gasteiger charge is 2.34. The number of aliphatic carboxylic acids is 1. The van der Waals surface area contributed by atoms with Crippen LogP contribution in [0.3, 0.4) is 0 Å². The fourth-order valence-corrected chi connectivity index (χ4v) is 3.04. The minimum Gasteiger partial charge on any atom is -0.481 e. The van der Waals surface area contributed by atoms with Crippen LogP contribution in [0.1, 0.15) is 36.6 Å². The summed E-state index contributed by atoms with van der Waals surface area (Å²) in [7, 11) is 0. The number of amides is 1. The van der Waals surface area contributed by atoms with Crippen LogP contribution in [0, 0.1) is 5.92 Å². The number of benzene rings is 1. The molecule has 1 saturated carbocycles. The molecule has 0 bridgehead atoms. The maximum atomic E-state index is 13.2. The molecule has 6 nitrogen and oxygen atoms in total. The number of carbonyl (C=O) groups is 2. The average molecular weight is 407 g/mol. The molecule has 1 heterocycles. The monoisotopic (exact) mass is 407 g/mol. The van der Waals surface area contributed by atoms with Crippen LogP contribution in [-0.2, 0) is 28.7 Å². The molecule has 1 N–H and O–H groups in total. The van der Waals surface area contributed by atoms with E-state index < -0.39 is 17.7 Å². The van der Waals surface area contributed by atoms with E-state index in [1.165, 1.54) is 23.2 Å². The molecule has 1 amide bonds. The highest BCUT2D eigenvalue weighted by atomic mass is 19.4. The van der Waals surface area contributed by atoms with Gasteiger partial charge in [0.15, 0.2) is 5.82 Å². The minimum absolute atomic E-state index is 0.00238. The SMILES string of the molecule is CCN(Cc1cc(C(F)(F)F)ccc1-c1nccc(CC(=O)O)n1)C(=O)C1CC1. The van der Waals surface area contributed by atoms with Crippen molar-refractivity contribution in [1.82, 2.24) is 14.9 Å². The number of hydrogen-bond acceptors (Lipinski definition) is 4. The van der Waals surface area contributed by atoms with Crippen LogP contribution in [0.15, 0.2) is 30.5 Å². The molecule has 154 valence electrons. The lowest BCUT2D eigenvalue weighted by molar-refractivity contribution is -0.138. The van der Waals surface area contributed by atoms with E-state index in [1.54, 1.807) is 6.92 Å². The number of carbonyl (C=O) groups excluding carboxylic acids is 1. The second kappa shape index (κ2) is 8.18. The Labute approximate surface area is 165 Å². The van der Waals surface area contributed by atoms with Crippen LogP contribution in [0.25, 0.3) is 11.4 Å². The Morgan fingerprint density at radius 3 is 2.55 bits per heavy atom. The number of carboxylic acids is 1. The maximum Gasteiger partial charge on any atom is 0.416 e. The maximum absolute atomic E-state index is 13.2. The quantitative estimate of drug-likeness (QED) is 0.759. The molecule has 0 saturated heterocycles. The van der Waals surface area contributed by atoms with Crippen molar-refractivity contribution in [3.8, 4) is 11.4 Å². The highest BCUT2D eigenvalue weighted by Crippen LogP contribution is 2.35. The zero-order chi connectivity index (χ0) is 21.2. The summed E-state index contributed by atoms with van der Waals surface area (Å²) in [6.07, 6.45) is -1.89. The van der Waals surface area contributed by atoms with Gasteiger partial charge in [0.05, 0.1) is 17.7 Å². The summed E-state index contributed by atoms with van der Waals surface area (Å²) in [5.41, 5.74) is 0.0260. The van der Waals surface area contributed by atoms with Gasteiger partial charge in [-0.25, -0.2) is 9.97 Å². The molecule has 0 aliphatic heterocycles. The van der Waals surface area contributed by atoms with Gasteiger partial charge in [0.25, 0.3) is 0 Å². The third-order valence-electron chi connectivity index (χ3n) is 4.70. The van der Waals surface area contributed by atoms with Crippen molar-refractivity contribution in [2.24, 2.45) is 5.92 Å². The summed E-state index contributed by atoms with van der Waals surface area (Å²) < 4.78 is 39.7. The Balaban J connectivity index is 2.01. The number of aromatic nitrogens is 2. The molecule has 1 aliphatic rings. The number of nitrogens with zero attached hydrogens (tertiary/aromatic N) is 3. The Bertz CT molecular complexity index is 927. The van der Waals surface area contributed by atoms with Crippen molar-refractivity contribution < 1.29 is 27.9 Å². The average Bonchev–Trinajstić information content (AvgIpc) is 3.49. The normalized spacial score (nSPS) is 13.9. The van der Waals surface area contributed by atoms with Crippen molar-refractivity contribution in [2.45, 2.75) is 38.9 Å². The predicted molar refractivity (Wildman–Crippen MR) is 97.6 cm³/mol. The molecule has 29 heavy (non-hydrogen) atoms. The van der Waals surface area contributed by atoms with E-state index in [1.807, 2.05) is 0 Å². The van der Waals surface area contributed by atoms with E-state index >= 15 is 0 Å². The van der Waals surface area contributed by atoms with Crippen molar-refractivity contribution in [3.05, 3.63) is 47.3 Å². The van der Waals surface area contributed by atoms with Gasteiger partial charge in [0, 0.05) is 30.8 Å². The van der Waals surface area contributed by atoms with Gasteiger partial charge >= 0.3 is 12.1 Å². The molecule has 0 spiro atoms. The van der Waals surface area contributed by atoms with Gasteiger partial charge in [-0.1, -0.05) is 6.07 Å². The second-order valence-corrected chi connectivity index (χ2v) is 6.94. The van der Waals surface area contributed by atoms with E-state index in [9.17, 15) is 22.8 Å². The second-order valence-electron chi connectivity index (χ2n) is 6.94.